The number of fused-ring (bicyclic) bond motifs is 1. The minimum Gasteiger partial charge on any atom is -0.493 e. The Morgan fingerprint density at radius 2 is 1.82 bits per heavy atom. The lowest BCUT2D eigenvalue weighted by Gasteiger charge is -2.13. The van der Waals surface area contributed by atoms with Crippen molar-refractivity contribution in [3.8, 4) is 11.5 Å². The van der Waals surface area contributed by atoms with Crippen LogP contribution in [0, 0.1) is 0 Å². The van der Waals surface area contributed by atoms with Crippen molar-refractivity contribution in [2.45, 2.75) is 38.8 Å². The highest BCUT2D eigenvalue weighted by Crippen LogP contribution is 2.40. The van der Waals surface area contributed by atoms with Crippen molar-refractivity contribution in [3.63, 3.8) is 0 Å². The number of nitrogens with one attached hydrogen (secondary N) is 1. The van der Waals surface area contributed by atoms with E-state index >= 15 is 0 Å². The van der Waals surface area contributed by atoms with Gasteiger partial charge >= 0.3 is 0 Å². The number of ether oxygens (including phenoxy) is 2. The Morgan fingerprint density at radius 1 is 1.03 bits per heavy atom. The smallest absolute Gasteiger partial charge is 0.254 e. The Hall–Kier alpha value is -3.61. The van der Waals surface area contributed by atoms with Gasteiger partial charge in [0, 0.05) is 28.2 Å². The quantitative estimate of drug-likeness (QED) is 0.221. The van der Waals surface area contributed by atoms with Crippen LogP contribution in [0.25, 0.3) is 0 Å². The van der Waals surface area contributed by atoms with Gasteiger partial charge in [0.05, 0.1) is 12.7 Å². The molecule has 0 aliphatic heterocycles. The van der Waals surface area contributed by atoms with Crippen molar-refractivity contribution < 1.29 is 14.3 Å². The summed E-state index contributed by atoms with van der Waals surface area (Å²) in [6, 6.07) is 23.2. The lowest BCUT2D eigenvalue weighted by molar-refractivity contribution is 0.0951. The van der Waals surface area contributed by atoms with Gasteiger partial charge in [0.2, 0.25) is 0 Å². The van der Waals surface area contributed by atoms with Crippen LogP contribution in [0.4, 0.5) is 5.00 Å². The second kappa shape index (κ2) is 12.3. The van der Waals surface area contributed by atoms with Gasteiger partial charge in [-0.25, -0.2) is 4.99 Å². The number of amides is 1. The van der Waals surface area contributed by atoms with Gasteiger partial charge in [0.1, 0.15) is 11.6 Å². The molecule has 0 saturated carbocycles. The first-order valence-electron chi connectivity index (χ1n) is 12.7. The van der Waals surface area contributed by atoms with E-state index in [0.29, 0.717) is 35.2 Å². The second-order valence-corrected chi connectivity index (χ2v) is 10.6. The lowest BCUT2D eigenvalue weighted by Crippen LogP contribution is -2.24. The third-order valence-corrected chi connectivity index (χ3v) is 8.10. The molecule has 3 aromatic carbocycles. The molecule has 1 amide bonds. The van der Waals surface area contributed by atoms with Crippen LogP contribution >= 0.6 is 22.9 Å². The number of nitrogens with zero attached hydrogens (tertiary/aromatic N) is 1. The van der Waals surface area contributed by atoms with Crippen LogP contribution in [-0.4, -0.2) is 19.2 Å². The van der Waals surface area contributed by atoms with Crippen LogP contribution in [0.5, 0.6) is 11.5 Å². The minimum atomic E-state index is -0.0682. The zero-order valence-corrected chi connectivity index (χ0v) is 22.8. The van der Waals surface area contributed by atoms with Crippen LogP contribution in [0.3, 0.4) is 0 Å². The molecule has 194 valence electrons. The topological polar surface area (TPSA) is 59.9 Å². The maximum absolute atomic E-state index is 13.3. The normalized spacial score (nSPS) is 12.8. The van der Waals surface area contributed by atoms with Crippen LogP contribution in [-0.2, 0) is 26.0 Å². The van der Waals surface area contributed by atoms with E-state index in [-0.39, 0.29) is 5.91 Å². The van der Waals surface area contributed by atoms with E-state index in [1.165, 1.54) is 4.88 Å². The first kappa shape index (κ1) is 26.0. The largest absolute Gasteiger partial charge is 0.493 e. The summed E-state index contributed by atoms with van der Waals surface area (Å²) in [5.74, 6) is 1.16. The number of benzene rings is 3. The molecule has 1 aliphatic rings. The predicted octanol–water partition coefficient (Wildman–Crippen LogP) is 7.55. The monoisotopic (exact) mass is 544 g/mol. The first-order chi connectivity index (χ1) is 18.6. The number of rotatable bonds is 9. The van der Waals surface area contributed by atoms with Crippen LogP contribution in [0.2, 0.25) is 5.02 Å². The van der Waals surface area contributed by atoms with E-state index in [1.807, 2.05) is 72.8 Å². The van der Waals surface area contributed by atoms with Crippen molar-refractivity contribution in [1.82, 2.24) is 5.32 Å². The number of thiophene rings is 1. The number of hydrogen-bond donors (Lipinski definition) is 1. The summed E-state index contributed by atoms with van der Waals surface area (Å²) in [5.41, 5.74) is 4.69. The van der Waals surface area contributed by atoms with Crippen LogP contribution in [0.1, 0.15) is 50.3 Å². The molecule has 7 heteroatoms. The highest BCUT2D eigenvalue weighted by Gasteiger charge is 2.25. The summed E-state index contributed by atoms with van der Waals surface area (Å²) in [7, 11) is 1.61. The third kappa shape index (κ3) is 6.09. The molecular formula is C31H29ClN2O3S. The fraction of sp³-hybridized carbons (Fsp3) is 0.226. The Kier molecular flexibility index (Phi) is 8.41. The summed E-state index contributed by atoms with van der Waals surface area (Å²) < 4.78 is 11.6. The summed E-state index contributed by atoms with van der Waals surface area (Å²) in [4.78, 5) is 19.4. The Labute approximate surface area is 232 Å². The van der Waals surface area contributed by atoms with E-state index in [2.05, 4.69) is 5.32 Å². The Balaban J connectivity index is 1.35. The fourth-order valence-corrected chi connectivity index (χ4v) is 5.95. The zero-order valence-electron chi connectivity index (χ0n) is 21.2. The molecule has 5 nitrogen and oxygen atoms in total. The molecule has 5 rings (SSSR count). The molecule has 0 radical (unpaired) electrons. The molecule has 1 heterocycles. The highest BCUT2D eigenvalue weighted by atomic mass is 35.5. The number of carbonyl (C=O) groups excluding carboxylic acids is 1. The van der Waals surface area contributed by atoms with Gasteiger partial charge < -0.3 is 14.8 Å². The number of aryl methyl sites for hydroxylation is 1. The molecule has 0 bridgehead atoms. The van der Waals surface area contributed by atoms with Crippen molar-refractivity contribution in [2.24, 2.45) is 4.99 Å². The molecule has 0 unspecified atom stereocenters. The van der Waals surface area contributed by atoms with Crippen LogP contribution in [0.15, 0.2) is 77.8 Å². The van der Waals surface area contributed by atoms with Gasteiger partial charge in [0.15, 0.2) is 11.5 Å². The van der Waals surface area contributed by atoms with Crippen molar-refractivity contribution in [1.29, 1.82) is 0 Å². The molecule has 1 aliphatic carbocycles. The summed E-state index contributed by atoms with van der Waals surface area (Å²) in [6.07, 6.45) is 5.94. The van der Waals surface area contributed by atoms with E-state index in [4.69, 9.17) is 26.1 Å². The number of halogens is 1. The number of methoxy groups -OCH3 is 1. The van der Waals surface area contributed by atoms with Gasteiger partial charge in [-0.15, -0.1) is 11.3 Å². The lowest BCUT2D eigenvalue weighted by atomic mass is 9.95. The van der Waals surface area contributed by atoms with Crippen molar-refractivity contribution >= 4 is 40.1 Å². The Bertz CT molecular complexity index is 1450. The minimum absolute atomic E-state index is 0.0682. The molecule has 0 atom stereocenters. The molecule has 0 spiro atoms. The van der Waals surface area contributed by atoms with E-state index < -0.39 is 0 Å². The molecule has 1 aromatic heterocycles. The number of hydrogen-bond acceptors (Lipinski definition) is 5. The molecule has 0 saturated heterocycles. The van der Waals surface area contributed by atoms with Crippen molar-refractivity contribution in [2.75, 3.05) is 7.11 Å². The molecule has 0 fully saturated rings. The van der Waals surface area contributed by atoms with Gasteiger partial charge in [-0.2, -0.15) is 0 Å². The third-order valence-electron chi connectivity index (χ3n) is 6.54. The molecule has 4 aromatic rings. The average Bonchev–Trinajstić information content (AvgIpc) is 3.33. The first-order valence-corrected chi connectivity index (χ1v) is 13.9. The van der Waals surface area contributed by atoms with E-state index in [9.17, 15) is 4.79 Å². The van der Waals surface area contributed by atoms with Gasteiger partial charge in [0.25, 0.3) is 5.91 Å². The fourth-order valence-electron chi connectivity index (χ4n) is 4.53. The maximum atomic E-state index is 13.3. The number of carbonyl (C=O) groups is 1. The summed E-state index contributed by atoms with van der Waals surface area (Å²) in [6.45, 7) is 0.825. The standard InChI is InChI=1S/C31H29ClN2O3S/c1-36-27-17-22(15-16-26(27)37-20-23-11-5-7-13-25(23)32)19-34-31-29(24-12-6-8-14-28(24)38-31)30(35)33-18-21-9-3-2-4-10-21/h2-5,7,9-11,13,15-17,19H,6,8,12,14,18,20H2,1H3,(H,33,35). The van der Waals surface area contributed by atoms with Gasteiger partial charge in [-0.3, -0.25) is 4.79 Å². The van der Waals surface area contributed by atoms with E-state index in [1.54, 1.807) is 24.7 Å². The average molecular weight is 545 g/mol. The zero-order chi connectivity index (χ0) is 26.3. The van der Waals surface area contributed by atoms with Crippen LogP contribution < -0.4 is 14.8 Å². The van der Waals surface area contributed by atoms with Gasteiger partial charge in [-0.05, 0) is 66.6 Å². The highest BCUT2D eigenvalue weighted by molar-refractivity contribution is 7.16. The molecule has 1 N–H and O–H groups in total. The second-order valence-electron chi connectivity index (χ2n) is 9.11. The maximum Gasteiger partial charge on any atom is 0.254 e. The summed E-state index contributed by atoms with van der Waals surface area (Å²) in [5, 5.41) is 4.51. The van der Waals surface area contributed by atoms with Crippen molar-refractivity contribution in [3.05, 3.63) is 111 Å². The molecular weight excluding hydrogens is 516 g/mol. The Morgan fingerprint density at radius 3 is 2.63 bits per heavy atom. The SMILES string of the molecule is COc1cc(C=Nc2sc3c(c2C(=O)NCc2ccccc2)CCCC3)ccc1OCc1ccccc1Cl. The number of aliphatic imine (C=N–C) groups is 1. The van der Waals surface area contributed by atoms with E-state index in [0.717, 1.165) is 52.9 Å². The van der Waals surface area contributed by atoms with Gasteiger partial charge in [-0.1, -0.05) is 60.1 Å². The predicted molar refractivity (Wildman–Crippen MR) is 155 cm³/mol. The molecule has 38 heavy (non-hydrogen) atoms. The summed E-state index contributed by atoms with van der Waals surface area (Å²) >= 11 is 7.88.